The van der Waals surface area contributed by atoms with Gasteiger partial charge in [0.1, 0.15) is 5.75 Å². The van der Waals surface area contributed by atoms with Crippen molar-refractivity contribution in [1.29, 1.82) is 0 Å². The molecule has 1 aromatic rings. The van der Waals surface area contributed by atoms with Crippen molar-refractivity contribution in [2.45, 2.75) is 44.8 Å². The fourth-order valence-electron chi connectivity index (χ4n) is 2.01. The van der Waals surface area contributed by atoms with Crippen LogP contribution in [0.2, 0.25) is 0 Å². The molecule has 0 spiro atoms. The molecule has 3 nitrogen and oxygen atoms in total. The van der Waals surface area contributed by atoms with Crippen molar-refractivity contribution < 1.29 is 9.84 Å². The lowest BCUT2D eigenvalue weighted by Crippen LogP contribution is -2.34. The fourth-order valence-corrected chi connectivity index (χ4v) is 2.01. The number of rotatable bonds is 6. The Hall–Kier alpha value is -1.06. The first kappa shape index (κ1) is 14.0. The smallest absolute Gasteiger partial charge is 0.122 e. The average molecular weight is 237 g/mol. The van der Waals surface area contributed by atoms with Crippen LogP contribution >= 0.6 is 0 Å². The van der Waals surface area contributed by atoms with Gasteiger partial charge >= 0.3 is 0 Å². The molecule has 0 heterocycles. The highest BCUT2D eigenvalue weighted by molar-refractivity contribution is 5.35. The maximum atomic E-state index is 9.95. The molecule has 0 aromatic heterocycles. The number of hydrogen-bond acceptors (Lipinski definition) is 3. The van der Waals surface area contributed by atoms with Crippen LogP contribution in [0.3, 0.4) is 0 Å². The van der Waals surface area contributed by atoms with Gasteiger partial charge in [0.15, 0.2) is 0 Å². The highest BCUT2D eigenvalue weighted by Gasteiger charge is 2.19. The molecule has 0 saturated carbocycles. The summed E-state index contributed by atoms with van der Waals surface area (Å²) in [6.45, 7) is 4.07. The van der Waals surface area contributed by atoms with Gasteiger partial charge in [-0.2, -0.15) is 0 Å². The van der Waals surface area contributed by atoms with Crippen LogP contribution in [0.5, 0.6) is 5.75 Å². The molecule has 96 valence electrons. The molecule has 0 bridgehead atoms. The van der Waals surface area contributed by atoms with Crippen LogP contribution in [0.25, 0.3) is 0 Å². The summed E-state index contributed by atoms with van der Waals surface area (Å²) in [4.78, 5) is 0. The van der Waals surface area contributed by atoms with Crippen LogP contribution in [0, 0.1) is 0 Å². The van der Waals surface area contributed by atoms with E-state index in [1.165, 1.54) is 0 Å². The van der Waals surface area contributed by atoms with Crippen molar-refractivity contribution in [1.82, 2.24) is 0 Å². The molecule has 0 aliphatic heterocycles. The summed E-state index contributed by atoms with van der Waals surface area (Å²) in [6, 6.07) is 7.77. The van der Waals surface area contributed by atoms with Gasteiger partial charge in [0.2, 0.25) is 0 Å². The van der Waals surface area contributed by atoms with Gasteiger partial charge in [-0.1, -0.05) is 32.0 Å². The Bertz CT molecular complexity index is 341. The van der Waals surface area contributed by atoms with E-state index < -0.39 is 6.10 Å². The Morgan fingerprint density at radius 2 is 2.00 bits per heavy atom. The van der Waals surface area contributed by atoms with Crippen molar-refractivity contribution in [3.8, 4) is 5.75 Å². The molecular formula is C14H23NO2. The molecule has 1 rings (SSSR count). The van der Waals surface area contributed by atoms with E-state index in [9.17, 15) is 5.11 Å². The first-order chi connectivity index (χ1) is 8.10. The maximum Gasteiger partial charge on any atom is 0.122 e. The normalized spacial score (nSPS) is 16.3. The van der Waals surface area contributed by atoms with E-state index in [1.54, 1.807) is 7.11 Å². The highest BCUT2D eigenvalue weighted by atomic mass is 16.5. The SMILES string of the molecule is CCC(N)C(O)CC(C)c1ccccc1OC. The highest BCUT2D eigenvalue weighted by Crippen LogP contribution is 2.29. The van der Waals surface area contributed by atoms with Gasteiger partial charge in [0.25, 0.3) is 0 Å². The summed E-state index contributed by atoms with van der Waals surface area (Å²) in [5.74, 6) is 1.11. The van der Waals surface area contributed by atoms with Crippen molar-refractivity contribution in [3.63, 3.8) is 0 Å². The topological polar surface area (TPSA) is 55.5 Å². The average Bonchev–Trinajstić information content (AvgIpc) is 2.37. The number of nitrogens with two attached hydrogens (primary N) is 1. The van der Waals surface area contributed by atoms with Gasteiger partial charge in [0.05, 0.1) is 13.2 Å². The lowest BCUT2D eigenvalue weighted by Gasteiger charge is -2.22. The van der Waals surface area contributed by atoms with E-state index in [4.69, 9.17) is 10.5 Å². The molecule has 0 aliphatic carbocycles. The zero-order valence-electron chi connectivity index (χ0n) is 10.9. The van der Waals surface area contributed by atoms with Crippen LogP contribution < -0.4 is 10.5 Å². The van der Waals surface area contributed by atoms with Crippen molar-refractivity contribution in [3.05, 3.63) is 29.8 Å². The zero-order valence-corrected chi connectivity index (χ0v) is 10.9. The van der Waals surface area contributed by atoms with Crippen molar-refractivity contribution in [2.24, 2.45) is 5.73 Å². The van der Waals surface area contributed by atoms with Gasteiger partial charge in [-0.15, -0.1) is 0 Å². The van der Waals surface area contributed by atoms with Crippen LogP contribution in [0.1, 0.15) is 38.2 Å². The summed E-state index contributed by atoms with van der Waals surface area (Å²) < 4.78 is 5.32. The van der Waals surface area contributed by atoms with Gasteiger partial charge in [-0.3, -0.25) is 0 Å². The van der Waals surface area contributed by atoms with Crippen LogP contribution in [-0.2, 0) is 0 Å². The minimum atomic E-state index is -0.458. The summed E-state index contributed by atoms with van der Waals surface area (Å²) in [5, 5.41) is 9.95. The van der Waals surface area contributed by atoms with E-state index in [-0.39, 0.29) is 12.0 Å². The third-order valence-electron chi connectivity index (χ3n) is 3.23. The molecule has 1 aromatic carbocycles. The molecule has 0 saturated heterocycles. The number of ether oxygens (including phenoxy) is 1. The number of benzene rings is 1. The van der Waals surface area contributed by atoms with Crippen LogP contribution in [0.15, 0.2) is 24.3 Å². The molecule has 0 amide bonds. The fraction of sp³-hybridized carbons (Fsp3) is 0.571. The van der Waals surface area contributed by atoms with Crippen LogP contribution in [0.4, 0.5) is 0 Å². The van der Waals surface area contributed by atoms with E-state index in [1.807, 2.05) is 31.2 Å². The number of para-hydroxylation sites is 1. The van der Waals surface area contributed by atoms with Gasteiger partial charge in [-0.25, -0.2) is 0 Å². The third-order valence-corrected chi connectivity index (χ3v) is 3.23. The predicted octanol–water partition coefficient (Wildman–Crippen LogP) is 2.29. The first-order valence-electron chi connectivity index (χ1n) is 6.16. The van der Waals surface area contributed by atoms with Gasteiger partial charge in [-0.05, 0) is 30.4 Å². The van der Waals surface area contributed by atoms with E-state index in [2.05, 4.69) is 6.92 Å². The number of aliphatic hydroxyl groups is 1. The van der Waals surface area contributed by atoms with Crippen LogP contribution in [-0.4, -0.2) is 24.4 Å². The number of hydrogen-bond donors (Lipinski definition) is 2. The standard InChI is InChI=1S/C14H23NO2/c1-4-12(15)13(16)9-10(2)11-7-5-6-8-14(11)17-3/h5-8,10,12-13,16H,4,9,15H2,1-3H3. The number of methoxy groups -OCH3 is 1. The molecule has 0 radical (unpaired) electrons. The second-order valence-corrected chi connectivity index (χ2v) is 4.52. The quantitative estimate of drug-likeness (QED) is 0.798. The molecule has 17 heavy (non-hydrogen) atoms. The second kappa shape index (κ2) is 6.62. The van der Waals surface area contributed by atoms with E-state index in [0.29, 0.717) is 6.42 Å². The zero-order chi connectivity index (χ0) is 12.8. The monoisotopic (exact) mass is 237 g/mol. The maximum absolute atomic E-state index is 9.95. The molecule has 3 N–H and O–H groups in total. The minimum absolute atomic E-state index is 0.146. The summed E-state index contributed by atoms with van der Waals surface area (Å²) in [7, 11) is 1.67. The molecule has 0 fully saturated rings. The van der Waals surface area contributed by atoms with Crippen molar-refractivity contribution >= 4 is 0 Å². The summed E-state index contributed by atoms with van der Waals surface area (Å²) in [5.41, 5.74) is 6.95. The minimum Gasteiger partial charge on any atom is -0.496 e. The first-order valence-corrected chi connectivity index (χ1v) is 6.16. The Morgan fingerprint density at radius 3 is 2.59 bits per heavy atom. The van der Waals surface area contributed by atoms with Gasteiger partial charge < -0.3 is 15.6 Å². The Kier molecular flexibility index (Phi) is 5.45. The summed E-state index contributed by atoms with van der Waals surface area (Å²) >= 11 is 0. The van der Waals surface area contributed by atoms with E-state index >= 15 is 0 Å². The summed E-state index contributed by atoms with van der Waals surface area (Å²) in [6.07, 6.45) is 0.995. The van der Waals surface area contributed by atoms with E-state index in [0.717, 1.165) is 17.7 Å². The Morgan fingerprint density at radius 1 is 1.35 bits per heavy atom. The number of aliphatic hydroxyl groups excluding tert-OH is 1. The predicted molar refractivity (Wildman–Crippen MR) is 70.3 cm³/mol. The Balaban J connectivity index is 2.72. The largest absolute Gasteiger partial charge is 0.496 e. The molecule has 0 aliphatic rings. The van der Waals surface area contributed by atoms with Crippen molar-refractivity contribution in [2.75, 3.05) is 7.11 Å². The molecule has 3 heteroatoms. The van der Waals surface area contributed by atoms with Gasteiger partial charge in [0, 0.05) is 6.04 Å². The molecule has 3 unspecified atom stereocenters. The lowest BCUT2D eigenvalue weighted by atomic mass is 9.91. The Labute approximate surface area is 104 Å². The second-order valence-electron chi connectivity index (χ2n) is 4.52. The molecular weight excluding hydrogens is 214 g/mol. The molecule has 3 atom stereocenters. The third kappa shape index (κ3) is 3.72. The lowest BCUT2D eigenvalue weighted by molar-refractivity contribution is 0.126.